The highest BCUT2D eigenvalue weighted by molar-refractivity contribution is 5.75. The van der Waals surface area contributed by atoms with Gasteiger partial charge in [-0.3, -0.25) is 4.79 Å². The summed E-state index contributed by atoms with van der Waals surface area (Å²) in [4.78, 5) is 12.1. The van der Waals surface area contributed by atoms with E-state index in [1.165, 1.54) is 5.56 Å². The summed E-state index contributed by atoms with van der Waals surface area (Å²) in [6.07, 6.45) is 7.27. The van der Waals surface area contributed by atoms with Crippen LogP contribution < -0.4 is 0 Å². The van der Waals surface area contributed by atoms with Crippen LogP contribution in [0.25, 0.3) is 0 Å². The first-order chi connectivity index (χ1) is 11.4. The maximum Gasteiger partial charge on any atom is 0.312 e. The van der Waals surface area contributed by atoms with Gasteiger partial charge in [0.15, 0.2) is 0 Å². The Balaban J connectivity index is 1.76. The lowest BCUT2D eigenvalue weighted by Gasteiger charge is -2.60. The average Bonchev–Trinajstić information content (AvgIpc) is 3.03. The van der Waals surface area contributed by atoms with Crippen molar-refractivity contribution in [3.8, 4) is 0 Å². The Labute approximate surface area is 143 Å². The van der Waals surface area contributed by atoms with E-state index in [2.05, 4.69) is 19.9 Å². The normalized spacial score (nSPS) is 44.3. The number of rotatable bonds is 2. The average molecular weight is 332 g/mol. The monoisotopic (exact) mass is 332 g/mol. The Bertz CT molecular complexity index is 650. The Morgan fingerprint density at radius 2 is 2.17 bits per heavy atom. The van der Waals surface area contributed by atoms with Gasteiger partial charge in [-0.15, -0.1) is 0 Å². The lowest BCUT2D eigenvalue weighted by molar-refractivity contribution is -0.180. The van der Waals surface area contributed by atoms with Crippen LogP contribution in [0.2, 0.25) is 0 Å². The highest BCUT2D eigenvalue weighted by Gasteiger charge is 2.61. The molecule has 0 amide bonds. The highest BCUT2D eigenvalue weighted by Crippen LogP contribution is 2.64. The van der Waals surface area contributed by atoms with E-state index in [1.807, 2.05) is 0 Å². The molecule has 2 N–H and O–H groups in total. The number of hydrogen-bond acceptors (Lipinski definition) is 3. The summed E-state index contributed by atoms with van der Waals surface area (Å²) >= 11 is 0. The Morgan fingerprint density at radius 1 is 1.38 bits per heavy atom. The molecule has 2 saturated carbocycles. The van der Waals surface area contributed by atoms with Crippen LogP contribution in [-0.2, 0) is 11.2 Å². The summed E-state index contributed by atoms with van der Waals surface area (Å²) in [5.74, 6) is 1.88. The van der Waals surface area contributed by atoms with Crippen molar-refractivity contribution in [2.45, 2.75) is 58.3 Å². The summed E-state index contributed by atoms with van der Waals surface area (Å²) < 4.78 is 5.76. The second-order valence-corrected chi connectivity index (χ2v) is 8.67. The van der Waals surface area contributed by atoms with Gasteiger partial charge in [0.2, 0.25) is 0 Å². The van der Waals surface area contributed by atoms with Gasteiger partial charge in [0.25, 0.3) is 0 Å². The molecule has 0 aromatic carbocycles. The fraction of sp³-hybridized carbons (Fsp3) is 0.750. The van der Waals surface area contributed by atoms with Crippen LogP contribution in [-0.4, -0.2) is 22.8 Å². The number of fused-ring (bicyclic) bond motifs is 4. The third-order valence-corrected chi connectivity index (χ3v) is 7.98. The van der Waals surface area contributed by atoms with Gasteiger partial charge in [-0.1, -0.05) is 20.3 Å². The maximum absolute atomic E-state index is 12.1. The quantitative estimate of drug-likeness (QED) is 0.863. The van der Waals surface area contributed by atoms with Crippen LogP contribution in [0.4, 0.5) is 0 Å². The minimum atomic E-state index is -0.954. The summed E-state index contributed by atoms with van der Waals surface area (Å²) in [5.41, 5.74) is 0.367. The fourth-order valence-electron chi connectivity index (χ4n) is 6.71. The first-order valence-electron chi connectivity index (χ1n) is 9.34. The summed E-state index contributed by atoms with van der Waals surface area (Å²) in [5, 5.41) is 20.0. The van der Waals surface area contributed by atoms with Gasteiger partial charge in [0.05, 0.1) is 18.3 Å². The van der Waals surface area contributed by atoms with Gasteiger partial charge < -0.3 is 14.6 Å². The summed E-state index contributed by atoms with van der Waals surface area (Å²) in [6, 6.07) is 2.11. The molecule has 1 heterocycles. The molecule has 0 spiro atoms. The predicted molar refractivity (Wildman–Crippen MR) is 89.6 cm³/mol. The molecule has 0 radical (unpaired) electrons. The Morgan fingerprint density at radius 3 is 2.88 bits per heavy atom. The van der Waals surface area contributed by atoms with Crippen molar-refractivity contribution in [2.24, 2.45) is 28.6 Å². The number of carboxylic acid groups (broad SMARTS) is 1. The zero-order valence-corrected chi connectivity index (χ0v) is 14.6. The second-order valence-electron chi connectivity index (χ2n) is 8.67. The van der Waals surface area contributed by atoms with Crippen molar-refractivity contribution in [1.29, 1.82) is 0 Å². The SMILES string of the molecule is C[C@H]1c2ccoc2CC2C1CCC1[C@@](CO)(C(=O)O)CCC[C@]21C. The zero-order chi connectivity index (χ0) is 17.1. The highest BCUT2D eigenvalue weighted by atomic mass is 16.4. The van der Waals surface area contributed by atoms with E-state index in [4.69, 9.17) is 4.42 Å². The van der Waals surface area contributed by atoms with Gasteiger partial charge in [-0.2, -0.15) is 0 Å². The summed E-state index contributed by atoms with van der Waals surface area (Å²) in [7, 11) is 0. The third-order valence-electron chi connectivity index (χ3n) is 7.98. The van der Waals surface area contributed by atoms with Crippen molar-refractivity contribution < 1.29 is 19.4 Å². The number of aliphatic hydroxyl groups is 1. The molecular formula is C20H28O4. The van der Waals surface area contributed by atoms with E-state index in [9.17, 15) is 15.0 Å². The molecule has 1 aromatic heterocycles. The van der Waals surface area contributed by atoms with E-state index >= 15 is 0 Å². The lowest BCUT2D eigenvalue weighted by atomic mass is 9.43. The molecule has 3 aliphatic carbocycles. The Hall–Kier alpha value is -1.29. The standard InChI is InChI=1S/C20H28O4/c1-12-13-4-5-17-19(2,7-3-8-20(17,11-21)18(22)23)15(13)10-16-14(12)6-9-24-16/h6,9,12-13,15,17,21H,3-5,7-8,10-11H2,1-2H3,(H,22,23)/t12-,13?,15?,17?,19-,20-/m1/s1. The van der Waals surface area contributed by atoms with Crippen LogP contribution >= 0.6 is 0 Å². The smallest absolute Gasteiger partial charge is 0.312 e. The first kappa shape index (κ1) is 16.2. The van der Waals surface area contributed by atoms with Crippen LogP contribution in [0.15, 0.2) is 16.7 Å². The Kier molecular flexibility index (Phi) is 3.61. The van der Waals surface area contributed by atoms with Gasteiger partial charge >= 0.3 is 5.97 Å². The number of hydrogen-bond donors (Lipinski definition) is 2. The minimum absolute atomic E-state index is 0.0268. The predicted octanol–water partition coefficient (Wildman–Crippen LogP) is 3.84. The van der Waals surface area contributed by atoms with Gasteiger partial charge in [-0.05, 0) is 66.4 Å². The molecular weight excluding hydrogens is 304 g/mol. The molecule has 0 aliphatic heterocycles. The van der Waals surface area contributed by atoms with Gasteiger partial charge in [0, 0.05) is 6.42 Å². The molecule has 0 saturated heterocycles. The second kappa shape index (κ2) is 5.35. The van der Waals surface area contributed by atoms with E-state index in [-0.39, 0.29) is 17.9 Å². The van der Waals surface area contributed by atoms with Gasteiger partial charge in [-0.25, -0.2) is 0 Å². The van der Waals surface area contributed by atoms with Gasteiger partial charge in [0.1, 0.15) is 5.76 Å². The first-order valence-corrected chi connectivity index (χ1v) is 9.34. The molecule has 3 aliphatic rings. The maximum atomic E-state index is 12.1. The molecule has 24 heavy (non-hydrogen) atoms. The molecule has 6 atom stereocenters. The summed E-state index contributed by atoms with van der Waals surface area (Å²) in [6.45, 7) is 4.36. The molecule has 1 aromatic rings. The van der Waals surface area contributed by atoms with Crippen molar-refractivity contribution in [3.63, 3.8) is 0 Å². The topological polar surface area (TPSA) is 70.7 Å². The van der Waals surface area contributed by atoms with E-state index in [0.29, 0.717) is 24.2 Å². The van der Waals surface area contributed by atoms with Crippen LogP contribution in [0.1, 0.15) is 63.2 Å². The van der Waals surface area contributed by atoms with Crippen molar-refractivity contribution in [3.05, 3.63) is 23.7 Å². The molecule has 4 rings (SSSR count). The van der Waals surface area contributed by atoms with Crippen LogP contribution in [0, 0.1) is 28.6 Å². The van der Waals surface area contributed by atoms with E-state index in [0.717, 1.165) is 37.9 Å². The number of aliphatic hydroxyl groups excluding tert-OH is 1. The van der Waals surface area contributed by atoms with Crippen LogP contribution in [0.5, 0.6) is 0 Å². The molecule has 132 valence electrons. The number of furan rings is 1. The zero-order valence-electron chi connectivity index (χ0n) is 14.6. The number of aliphatic carboxylic acids is 1. The van der Waals surface area contributed by atoms with E-state index in [1.54, 1.807) is 6.26 Å². The van der Waals surface area contributed by atoms with Crippen molar-refractivity contribution >= 4 is 5.97 Å². The van der Waals surface area contributed by atoms with Crippen molar-refractivity contribution in [1.82, 2.24) is 0 Å². The number of carboxylic acids is 1. The van der Waals surface area contributed by atoms with E-state index < -0.39 is 11.4 Å². The lowest BCUT2D eigenvalue weighted by Crippen LogP contribution is -2.58. The van der Waals surface area contributed by atoms with Crippen LogP contribution in [0.3, 0.4) is 0 Å². The molecule has 0 bridgehead atoms. The van der Waals surface area contributed by atoms with Crippen molar-refractivity contribution in [2.75, 3.05) is 6.61 Å². The molecule has 4 heteroatoms. The molecule has 3 unspecified atom stereocenters. The minimum Gasteiger partial charge on any atom is -0.481 e. The molecule has 4 nitrogen and oxygen atoms in total. The number of carbonyl (C=O) groups is 1. The largest absolute Gasteiger partial charge is 0.481 e. The third kappa shape index (κ3) is 1.92. The molecule has 2 fully saturated rings. The fourth-order valence-corrected chi connectivity index (χ4v) is 6.71.